The van der Waals surface area contributed by atoms with Crippen LogP contribution in [0.15, 0.2) is 12.3 Å². The van der Waals surface area contributed by atoms with Crippen molar-refractivity contribution < 1.29 is 4.79 Å². The third kappa shape index (κ3) is 3.85. The second kappa shape index (κ2) is 7.18. The number of hydrogen-bond acceptors (Lipinski definition) is 4. The highest BCUT2D eigenvalue weighted by atomic mass is 35.5. The van der Waals surface area contributed by atoms with Crippen molar-refractivity contribution in [3.05, 3.63) is 22.8 Å². The normalized spacial score (nSPS) is 12.0. The molecule has 0 bridgehead atoms. The lowest BCUT2D eigenvalue weighted by molar-refractivity contribution is 0.0933. The lowest BCUT2D eigenvalue weighted by atomic mass is 10.1. The minimum absolute atomic E-state index is 0.159. The molecule has 1 aromatic heterocycles. The van der Waals surface area contributed by atoms with Gasteiger partial charge in [0.25, 0.3) is 5.91 Å². The number of hydrogen-bond donors (Lipinski definition) is 3. The second-order valence-electron chi connectivity index (χ2n) is 4.07. The lowest BCUT2D eigenvalue weighted by Crippen LogP contribution is -2.34. The Morgan fingerprint density at radius 3 is 2.78 bits per heavy atom. The monoisotopic (exact) mass is 270 g/mol. The van der Waals surface area contributed by atoms with Crippen molar-refractivity contribution in [2.24, 2.45) is 5.84 Å². The van der Waals surface area contributed by atoms with Gasteiger partial charge in [-0.1, -0.05) is 31.9 Å². The zero-order chi connectivity index (χ0) is 13.5. The SMILES string of the molecule is CCCC(CC)NC(=O)c1cnc(NN)c(Cl)c1. The third-order valence-electron chi connectivity index (χ3n) is 2.71. The van der Waals surface area contributed by atoms with Gasteiger partial charge >= 0.3 is 0 Å². The first-order valence-electron chi connectivity index (χ1n) is 6.05. The van der Waals surface area contributed by atoms with E-state index in [1.807, 2.05) is 6.92 Å². The van der Waals surface area contributed by atoms with E-state index >= 15 is 0 Å². The van der Waals surface area contributed by atoms with Gasteiger partial charge in [0, 0.05) is 12.2 Å². The second-order valence-corrected chi connectivity index (χ2v) is 4.47. The standard InChI is InChI=1S/C12H19ClN4O/c1-3-5-9(4-2)16-12(18)8-6-10(13)11(17-14)15-7-8/h6-7,9H,3-5,14H2,1-2H3,(H,15,17)(H,16,18). The molecule has 1 unspecified atom stereocenters. The zero-order valence-electron chi connectivity index (χ0n) is 10.7. The summed E-state index contributed by atoms with van der Waals surface area (Å²) in [6, 6.07) is 1.74. The summed E-state index contributed by atoms with van der Waals surface area (Å²) in [5, 5.41) is 3.29. The number of hydrazine groups is 1. The number of anilines is 1. The van der Waals surface area contributed by atoms with Crippen LogP contribution in [0.4, 0.5) is 5.82 Å². The number of nitrogens with zero attached hydrogens (tertiary/aromatic N) is 1. The molecular formula is C12H19ClN4O. The molecule has 1 atom stereocenters. The van der Waals surface area contributed by atoms with Crippen LogP contribution in [0.25, 0.3) is 0 Å². The van der Waals surface area contributed by atoms with Crippen molar-refractivity contribution in [1.29, 1.82) is 0 Å². The van der Waals surface area contributed by atoms with Crippen LogP contribution in [0.3, 0.4) is 0 Å². The molecule has 0 aliphatic heterocycles. The maximum atomic E-state index is 12.0. The Morgan fingerprint density at radius 2 is 2.28 bits per heavy atom. The highest BCUT2D eigenvalue weighted by Gasteiger charge is 2.13. The number of amides is 1. The molecule has 100 valence electrons. The quantitative estimate of drug-likeness (QED) is 0.547. The molecule has 1 amide bonds. The van der Waals surface area contributed by atoms with Crippen molar-refractivity contribution >= 4 is 23.3 Å². The molecule has 6 heteroatoms. The van der Waals surface area contributed by atoms with Crippen molar-refractivity contribution in [2.45, 2.75) is 39.2 Å². The van der Waals surface area contributed by atoms with Gasteiger partial charge < -0.3 is 10.7 Å². The first-order valence-corrected chi connectivity index (χ1v) is 6.43. The number of carbonyl (C=O) groups excluding carboxylic acids is 1. The average molecular weight is 271 g/mol. The first-order chi connectivity index (χ1) is 8.62. The number of nitrogen functional groups attached to an aromatic ring is 1. The Morgan fingerprint density at radius 1 is 1.56 bits per heavy atom. The highest BCUT2D eigenvalue weighted by molar-refractivity contribution is 6.33. The molecule has 1 rings (SSSR count). The zero-order valence-corrected chi connectivity index (χ0v) is 11.4. The van der Waals surface area contributed by atoms with E-state index in [1.165, 1.54) is 6.20 Å². The third-order valence-corrected chi connectivity index (χ3v) is 2.99. The van der Waals surface area contributed by atoms with Crippen LogP contribution in [0.5, 0.6) is 0 Å². The van der Waals surface area contributed by atoms with Crippen molar-refractivity contribution in [1.82, 2.24) is 10.3 Å². The van der Waals surface area contributed by atoms with E-state index in [0.29, 0.717) is 16.4 Å². The Bertz CT molecular complexity index is 411. The van der Waals surface area contributed by atoms with E-state index in [2.05, 4.69) is 22.7 Å². The largest absolute Gasteiger partial charge is 0.349 e. The van der Waals surface area contributed by atoms with E-state index in [4.69, 9.17) is 17.4 Å². The fourth-order valence-corrected chi connectivity index (χ4v) is 1.88. The summed E-state index contributed by atoms with van der Waals surface area (Å²) in [5.41, 5.74) is 2.80. The Hall–Kier alpha value is -1.33. The number of aromatic nitrogens is 1. The minimum Gasteiger partial charge on any atom is -0.349 e. The number of halogens is 1. The van der Waals surface area contributed by atoms with Gasteiger partial charge in [-0.2, -0.15) is 0 Å². The van der Waals surface area contributed by atoms with E-state index in [1.54, 1.807) is 6.07 Å². The van der Waals surface area contributed by atoms with Crippen LogP contribution in [0.2, 0.25) is 5.02 Å². The van der Waals surface area contributed by atoms with Gasteiger partial charge in [0.05, 0.1) is 10.6 Å². The van der Waals surface area contributed by atoms with Crippen LogP contribution in [0, 0.1) is 0 Å². The summed E-state index contributed by atoms with van der Waals surface area (Å²) in [6.07, 6.45) is 4.36. The van der Waals surface area contributed by atoms with Gasteiger partial charge in [-0.15, -0.1) is 0 Å². The Kier molecular flexibility index (Phi) is 5.88. The van der Waals surface area contributed by atoms with Gasteiger partial charge in [0.1, 0.15) is 0 Å². The predicted octanol–water partition coefficient (Wildman–Crippen LogP) is 2.33. The van der Waals surface area contributed by atoms with E-state index in [9.17, 15) is 4.79 Å². The molecule has 0 saturated carbocycles. The molecule has 4 N–H and O–H groups in total. The van der Waals surface area contributed by atoms with Crippen molar-refractivity contribution in [3.8, 4) is 0 Å². The van der Waals surface area contributed by atoms with Gasteiger partial charge in [0.15, 0.2) is 5.82 Å². The number of nitrogens with two attached hydrogens (primary N) is 1. The highest BCUT2D eigenvalue weighted by Crippen LogP contribution is 2.19. The number of carbonyl (C=O) groups is 1. The van der Waals surface area contributed by atoms with E-state index in [0.717, 1.165) is 19.3 Å². The molecule has 0 aliphatic carbocycles. The number of rotatable bonds is 6. The molecule has 0 aromatic carbocycles. The van der Waals surface area contributed by atoms with Crippen LogP contribution in [0.1, 0.15) is 43.5 Å². The summed E-state index contributed by atoms with van der Waals surface area (Å²) >= 11 is 5.92. The van der Waals surface area contributed by atoms with E-state index in [-0.39, 0.29) is 11.9 Å². The van der Waals surface area contributed by atoms with Crippen molar-refractivity contribution in [2.75, 3.05) is 5.43 Å². The van der Waals surface area contributed by atoms with Gasteiger partial charge in [0.2, 0.25) is 0 Å². The van der Waals surface area contributed by atoms with E-state index < -0.39 is 0 Å². The summed E-state index contributed by atoms with van der Waals surface area (Å²) < 4.78 is 0. The fourth-order valence-electron chi connectivity index (χ4n) is 1.66. The van der Waals surface area contributed by atoms with Crippen LogP contribution >= 0.6 is 11.6 Å². The molecule has 5 nitrogen and oxygen atoms in total. The molecular weight excluding hydrogens is 252 g/mol. The Balaban J connectivity index is 2.74. The van der Waals surface area contributed by atoms with Gasteiger partial charge in [-0.25, -0.2) is 10.8 Å². The minimum atomic E-state index is -0.159. The lowest BCUT2D eigenvalue weighted by Gasteiger charge is -2.16. The van der Waals surface area contributed by atoms with Crippen LogP contribution in [-0.4, -0.2) is 16.9 Å². The van der Waals surface area contributed by atoms with Crippen LogP contribution in [-0.2, 0) is 0 Å². The van der Waals surface area contributed by atoms with Crippen molar-refractivity contribution in [3.63, 3.8) is 0 Å². The maximum Gasteiger partial charge on any atom is 0.253 e. The first kappa shape index (κ1) is 14.7. The predicted molar refractivity (Wildman–Crippen MR) is 73.5 cm³/mol. The molecule has 0 spiro atoms. The molecule has 0 aliphatic rings. The molecule has 18 heavy (non-hydrogen) atoms. The molecule has 1 heterocycles. The van der Waals surface area contributed by atoms with Gasteiger partial charge in [-0.3, -0.25) is 4.79 Å². The maximum absolute atomic E-state index is 12.0. The van der Waals surface area contributed by atoms with Crippen LogP contribution < -0.4 is 16.6 Å². The summed E-state index contributed by atoms with van der Waals surface area (Å²) in [7, 11) is 0. The fraction of sp³-hybridized carbons (Fsp3) is 0.500. The van der Waals surface area contributed by atoms with Gasteiger partial charge in [-0.05, 0) is 18.9 Å². The summed E-state index contributed by atoms with van der Waals surface area (Å²) in [6.45, 7) is 4.14. The topological polar surface area (TPSA) is 80.0 Å². The summed E-state index contributed by atoms with van der Waals surface area (Å²) in [5.74, 6) is 5.42. The number of nitrogens with one attached hydrogen (secondary N) is 2. The molecule has 1 aromatic rings. The molecule has 0 fully saturated rings. The Labute approximate surface area is 112 Å². The average Bonchev–Trinajstić information content (AvgIpc) is 2.37. The molecule has 0 saturated heterocycles. The smallest absolute Gasteiger partial charge is 0.253 e. The summed E-state index contributed by atoms with van der Waals surface area (Å²) in [4.78, 5) is 15.9. The number of pyridine rings is 1. The molecule has 0 radical (unpaired) electrons.